The molecule has 0 saturated heterocycles. The molecule has 0 aromatic heterocycles. The second-order valence-electron chi connectivity index (χ2n) is 3.50. The molecule has 82 valence electrons. The van der Waals surface area contributed by atoms with Crippen LogP contribution in [0.15, 0.2) is 30.3 Å². The van der Waals surface area contributed by atoms with Gasteiger partial charge in [-0.1, -0.05) is 37.3 Å². The van der Waals surface area contributed by atoms with Crippen LogP contribution in [0.4, 0.5) is 0 Å². The lowest BCUT2D eigenvalue weighted by Gasteiger charge is -2.10. The van der Waals surface area contributed by atoms with Crippen molar-refractivity contribution in [3.63, 3.8) is 0 Å². The molecule has 0 aliphatic carbocycles. The molecule has 0 radical (unpaired) electrons. The summed E-state index contributed by atoms with van der Waals surface area (Å²) in [6, 6.07) is 9.50. The average Bonchev–Trinajstić information content (AvgIpc) is 2.27. The number of rotatable bonds is 5. The van der Waals surface area contributed by atoms with Gasteiger partial charge in [0.2, 0.25) is 5.91 Å². The van der Waals surface area contributed by atoms with Crippen LogP contribution in [0.3, 0.4) is 0 Å². The van der Waals surface area contributed by atoms with Crippen LogP contribution < -0.4 is 5.32 Å². The molecule has 0 heterocycles. The Morgan fingerprint density at radius 3 is 2.67 bits per heavy atom. The standard InChI is InChI=1S/C12H17NO2/c1-2-8-13-12(15)11(14)9-10-6-4-3-5-7-10/h3-7,11,14H,2,8-9H2,1H3,(H,13,15). The molecule has 0 bridgehead atoms. The fourth-order valence-corrected chi connectivity index (χ4v) is 1.30. The minimum Gasteiger partial charge on any atom is -0.383 e. The minimum atomic E-state index is -0.945. The SMILES string of the molecule is CCCNC(=O)C(O)Cc1ccccc1. The van der Waals surface area contributed by atoms with E-state index in [0.717, 1.165) is 12.0 Å². The van der Waals surface area contributed by atoms with Crippen molar-refractivity contribution in [1.29, 1.82) is 0 Å². The van der Waals surface area contributed by atoms with Crippen molar-refractivity contribution in [2.75, 3.05) is 6.54 Å². The van der Waals surface area contributed by atoms with Crippen molar-refractivity contribution in [3.05, 3.63) is 35.9 Å². The van der Waals surface area contributed by atoms with Gasteiger partial charge in [-0.2, -0.15) is 0 Å². The quantitative estimate of drug-likeness (QED) is 0.760. The second kappa shape index (κ2) is 6.19. The van der Waals surface area contributed by atoms with Gasteiger partial charge in [-0.05, 0) is 12.0 Å². The van der Waals surface area contributed by atoms with Gasteiger partial charge in [-0.25, -0.2) is 0 Å². The number of carbonyl (C=O) groups is 1. The van der Waals surface area contributed by atoms with E-state index in [9.17, 15) is 9.90 Å². The molecule has 1 rings (SSSR count). The van der Waals surface area contributed by atoms with Gasteiger partial charge in [0, 0.05) is 13.0 Å². The molecule has 0 fully saturated rings. The predicted molar refractivity (Wildman–Crippen MR) is 59.5 cm³/mol. The van der Waals surface area contributed by atoms with Gasteiger partial charge in [-0.15, -0.1) is 0 Å². The maximum Gasteiger partial charge on any atom is 0.249 e. The number of carbonyl (C=O) groups excluding carboxylic acids is 1. The molecule has 0 saturated carbocycles. The maximum atomic E-state index is 11.3. The molecule has 1 amide bonds. The Balaban J connectivity index is 2.41. The summed E-state index contributed by atoms with van der Waals surface area (Å²) in [5.74, 6) is -0.291. The molecule has 0 aliphatic heterocycles. The summed E-state index contributed by atoms with van der Waals surface area (Å²) >= 11 is 0. The highest BCUT2D eigenvalue weighted by atomic mass is 16.3. The molecule has 15 heavy (non-hydrogen) atoms. The van der Waals surface area contributed by atoms with Crippen molar-refractivity contribution in [2.45, 2.75) is 25.9 Å². The zero-order chi connectivity index (χ0) is 11.1. The van der Waals surface area contributed by atoms with Crippen molar-refractivity contribution >= 4 is 5.91 Å². The molecule has 3 nitrogen and oxygen atoms in total. The highest BCUT2D eigenvalue weighted by molar-refractivity contribution is 5.80. The number of aliphatic hydroxyl groups excluding tert-OH is 1. The summed E-state index contributed by atoms with van der Waals surface area (Å²) in [6.07, 6.45) is 0.305. The van der Waals surface area contributed by atoms with Gasteiger partial charge in [0.15, 0.2) is 0 Å². The summed E-state index contributed by atoms with van der Waals surface area (Å²) in [5.41, 5.74) is 0.969. The van der Waals surface area contributed by atoms with Crippen molar-refractivity contribution in [3.8, 4) is 0 Å². The van der Waals surface area contributed by atoms with Crippen LogP contribution in [0.25, 0.3) is 0 Å². The normalized spacial score (nSPS) is 12.1. The van der Waals surface area contributed by atoms with Gasteiger partial charge in [0.1, 0.15) is 6.10 Å². The topological polar surface area (TPSA) is 49.3 Å². The van der Waals surface area contributed by atoms with Gasteiger partial charge in [-0.3, -0.25) is 4.79 Å². The summed E-state index contributed by atoms with van der Waals surface area (Å²) in [4.78, 5) is 11.3. The Labute approximate surface area is 90.1 Å². The Morgan fingerprint density at radius 2 is 2.07 bits per heavy atom. The lowest BCUT2D eigenvalue weighted by Crippen LogP contribution is -2.36. The molecular weight excluding hydrogens is 190 g/mol. The molecule has 1 aromatic rings. The van der Waals surface area contributed by atoms with E-state index in [-0.39, 0.29) is 5.91 Å². The van der Waals surface area contributed by atoms with Gasteiger partial charge < -0.3 is 10.4 Å². The van der Waals surface area contributed by atoms with E-state index in [2.05, 4.69) is 5.32 Å². The predicted octanol–water partition coefficient (Wildman–Crippen LogP) is 1.12. The maximum absolute atomic E-state index is 11.3. The highest BCUT2D eigenvalue weighted by Gasteiger charge is 2.14. The summed E-state index contributed by atoms with van der Waals surface area (Å²) in [6.45, 7) is 2.59. The van der Waals surface area contributed by atoms with Crippen LogP contribution in [0.1, 0.15) is 18.9 Å². The second-order valence-corrected chi connectivity index (χ2v) is 3.50. The largest absolute Gasteiger partial charge is 0.383 e. The molecule has 0 spiro atoms. The molecule has 1 atom stereocenters. The van der Waals surface area contributed by atoms with Crippen molar-refractivity contribution in [2.24, 2.45) is 0 Å². The fraction of sp³-hybridized carbons (Fsp3) is 0.417. The van der Waals surface area contributed by atoms with Gasteiger partial charge in [0.25, 0.3) is 0 Å². The van der Waals surface area contributed by atoms with Crippen LogP contribution in [-0.2, 0) is 11.2 Å². The fourth-order valence-electron chi connectivity index (χ4n) is 1.30. The number of benzene rings is 1. The molecule has 1 unspecified atom stereocenters. The van der Waals surface area contributed by atoms with Crippen LogP contribution in [0, 0.1) is 0 Å². The highest BCUT2D eigenvalue weighted by Crippen LogP contribution is 2.02. The number of hydrogen-bond donors (Lipinski definition) is 2. The van der Waals surface area contributed by atoms with E-state index in [0.29, 0.717) is 13.0 Å². The Kier molecular flexibility index (Phi) is 4.84. The van der Waals surface area contributed by atoms with E-state index < -0.39 is 6.10 Å². The van der Waals surface area contributed by atoms with Crippen LogP contribution in [0.2, 0.25) is 0 Å². The molecular formula is C12H17NO2. The summed E-state index contributed by atoms with van der Waals surface area (Å²) in [7, 11) is 0. The Hall–Kier alpha value is -1.35. The third kappa shape index (κ3) is 4.13. The first-order valence-corrected chi connectivity index (χ1v) is 5.23. The molecule has 2 N–H and O–H groups in total. The van der Waals surface area contributed by atoms with Gasteiger partial charge in [0.05, 0.1) is 0 Å². The zero-order valence-corrected chi connectivity index (χ0v) is 8.94. The first kappa shape index (κ1) is 11.7. The van der Waals surface area contributed by atoms with Crippen LogP contribution in [0.5, 0.6) is 0 Å². The third-order valence-electron chi connectivity index (χ3n) is 2.12. The smallest absolute Gasteiger partial charge is 0.249 e. The molecule has 1 aromatic carbocycles. The Bertz CT molecular complexity index is 298. The molecule has 0 aliphatic rings. The van der Waals surface area contributed by atoms with Crippen LogP contribution in [-0.4, -0.2) is 23.7 Å². The first-order valence-electron chi connectivity index (χ1n) is 5.23. The minimum absolute atomic E-state index is 0.291. The van der Waals surface area contributed by atoms with E-state index in [1.54, 1.807) is 0 Å². The summed E-state index contributed by atoms with van der Waals surface area (Å²) < 4.78 is 0. The Morgan fingerprint density at radius 1 is 1.40 bits per heavy atom. The number of amides is 1. The lowest BCUT2D eigenvalue weighted by atomic mass is 10.1. The van der Waals surface area contributed by atoms with E-state index >= 15 is 0 Å². The number of hydrogen-bond acceptors (Lipinski definition) is 2. The first-order chi connectivity index (χ1) is 7.24. The average molecular weight is 207 g/mol. The monoisotopic (exact) mass is 207 g/mol. The zero-order valence-electron chi connectivity index (χ0n) is 8.94. The number of aliphatic hydroxyl groups is 1. The summed E-state index contributed by atoms with van der Waals surface area (Å²) in [5, 5.41) is 12.2. The van der Waals surface area contributed by atoms with Gasteiger partial charge >= 0.3 is 0 Å². The lowest BCUT2D eigenvalue weighted by molar-refractivity contribution is -0.129. The number of nitrogens with one attached hydrogen (secondary N) is 1. The van der Waals surface area contributed by atoms with E-state index in [1.807, 2.05) is 37.3 Å². The molecule has 3 heteroatoms. The van der Waals surface area contributed by atoms with Crippen molar-refractivity contribution in [1.82, 2.24) is 5.32 Å². The van der Waals surface area contributed by atoms with Crippen LogP contribution >= 0.6 is 0 Å². The van der Waals surface area contributed by atoms with E-state index in [4.69, 9.17) is 0 Å². The van der Waals surface area contributed by atoms with E-state index in [1.165, 1.54) is 0 Å². The van der Waals surface area contributed by atoms with Crippen molar-refractivity contribution < 1.29 is 9.90 Å². The third-order valence-corrected chi connectivity index (χ3v) is 2.12.